The van der Waals surface area contributed by atoms with E-state index in [0.29, 0.717) is 0 Å². The first-order chi connectivity index (χ1) is 5.85. The summed E-state index contributed by atoms with van der Waals surface area (Å²) in [5.74, 6) is 0. The molecule has 0 amide bonds. The lowest BCUT2D eigenvalue weighted by Gasteiger charge is -2.30. The van der Waals surface area contributed by atoms with Crippen molar-refractivity contribution in [2.45, 2.75) is 44.0 Å². The number of halogens is 1. The Morgan fingerprint density at radius 1 is 1.25 bits per heavy atom. The van der Waals surface area contributed by atoms with Gasteiger partial charge in [-0.3, -0.25) is 0 Å². The summed E-state index contributed by atoms with van der Waals surface area (Å²) in [5.41, 5.74) is 0.0939. The Morgan fingerprint density at radius 3 is 2.58 bits per heavy atom. The van der Waals surface area contributed by atoms with Gasteiger partial charge in [0.25, 0.3) is 0 Å². The summed E-state index contributed by atoms with van der Waals surface area (Å²) in [6, 6.07) is 0. The molecule has 2 rings (SSSR count). The highest BCUT2D eigenvalue weighted by Crippen LogP contribution is 2.37. The number of rotatable bonds is 1. The minimum Gasteiger partial charge on any atom is -0.349 e. The molecule has 1 saturated carbocycles. The van der Waals surface area contributed by atoms with Gasteiger partial charge in [-0.1, -0.05) is 35.2 Å². The monoisotopic (exact) mass is 234 g/mol. The molecular weight excluding hydrogens is 220 g/mol. The van der Waals surface area contributed by atoms with Gasteiger partial charge in [0.1, 0.15) is 0 Å². The third-order valence-electron chi connectivity index (χ3n) is 2.80. The molecule has 0 aromatic carbocycles. The van der Waals surface area contributed by atoms with Crippen LogP contribution in [0.1, 0.15) is 32.1 Å². The molecule has 2 fully saturated rings. The number of alkyl halides is 1. The molecule has 1 atom stereocenters. The third-order valence-corrected chi connectivity index (χ3v) is 3.33. The van der Waals surface area contributed by atoms with Crippen LogP contribution in [0.3, 0.4) is 0 Å². The second kappa shape index (κ2) is 3.64. The topological polar surface area (TPSA) is 18.5 Å². The van der Waals surface area contributed by atoms with E-state index in [-0.39, 0.29) is 11.9 Å². The van der Waals surface area contributed by atoms with Crippen LogP contribution in [0, 0.1) is 0 Å². The van der Waals surface area contributed by atoms with Gasteiger partial charge in [0.05, 0.1) is 17.5 Å². The molecule has 0 unspecified atom stereocenters. The van der Waals surface area contributed by atoms with Crippen molar-refractivity contribution in [3.8, 4) is 0 Å². The summed E-state index contributed by atoms with van der Waals surface area (Å²) in [7, 11) is 0. The smallest absolute Gasteiger partial charge is 0.168 e. The molecule has 3 heteroatoms. The van der Waals surface area contributed by atoms with Crippen LogP contribution < -0.4 is 0 Å². The first kappa shape index (κ1) is 8.97. The van der Waals surface area contributed by atoms with Crippen molar-refractivity contribution >= 4 is 15.9 Å². The molecular formula is C9H15BrO2. The fourth-order valence-corrected chi connectivity index (χ4v) is 2.45. The molecule has 0 aromatic rings. The largest absolute Gasteiger partial charge is 0.349 e. The zero-order valence-electron chi connectivity index (χ0n) is 7.22. The molecule has 70 valence electrons. The zero-order chi connectivity index (χ0) is 8.44. The Hall–Kier alpha value is 0.400. The van der Waals surface area contributed by atoms with E-state index < -0.39 is 0 Å². The molecule has 1 saturated heterocycles. The molecule has 12 heavy (non-hydrogen) atoms. The first-order valence-corrected chi connectivity index (χ1v) is 5.82. The maximum Gasteiger partial charge on any atom is 0.168 e. The summed E-state index contributed by atoms with van der Waals surface area (Å²) in [6.45, 7) is 0.809. The van der Waals surface area contributed by atoms with Crippen LogP contribution in [-0.4, -0.2) is 23.8 Å². The Balaban J connectivity index is 1.94. The zero-order valence-corrected chi connectivity index (χ0v) is 8.81. The fraction of sp³-hybridized carbons (Fsp3) is 1.00. The van der Waals surface area contributed by atoms with Crippen LogP contribution >= 0.6 is 15.9 Å². The van der Waals surface area contributed by atoms with Crippen LogP contribution in [0.4, 0.5) is 0 Å². The quantitative estimate of drug-likeness (QED) is 0.650. The maximum atomic E-state index is 5.87. The van der Waals surface area contributed by atoms with E-state index in [9.17, 15) is 0 Å². The van der Waals surface area contributed by atoms with E-state index in [2.05, 4.69) is 15.9 Å². The predicted molar refractivity (Wildman–Crippen MR) is 50.4 cm³/mol. The van der Waals surface area contributed by atoms with Crippen molar-refractivity contribution in [2.24, 2.45) is 0 Å². The van der Waals surface area contributed by atoms with E-state index in [4.69, 9.17) is 9.47 Å². The van der Waals surface area contributed by atoms with E-state index >= 15 is 0 Å². The molecule has 2 nitrogen and oxygen atoms in total. The van der Waals surface area contributed by atoms with Crippen molar-refractivity contribution in [1.29, 1.82) is 0 Å². The lowest BCUT2D eigenvalue weighted by Crippen LogP contribution is -2.34. The highest BCUT2D eigenvalue weighted by molar-refractivity contribution is 9.09. The van der Waals surface area contributed by atoms with Crippen molar-refractivity contribution in [3.63, 3.8) is 0 Å². The minimum atomic E-state index is 0.00287. The van der Waals surface area contributed by atoms with Gasteiger partial charge in [0.2, 0.25) is 0 Å². The van der Waals surface area contributed by atoms with Crippen LogP contribution in [-0.2, 0) is 9.47 Å². The Kier molecular flexibility index (Phi) is 2.72. The molecule has 0 N–H and O–H groups in total. The average molecular weight is 235 g/mol. The lowest BCUT2D eigenvalue weighted by molar-refractivity contribution is -0.0848. The Bertz CT molecular complexity index is 155. The van der Waals surface area contributed by atoms with E-state index in [1.165, 1.54) is 32.1 Å². The molecule has 1 aliphatic heterocycles. The second-order valence-corrected chi connectivity index (χ2v) is 4.40. The lowest BCUT2D eigenvalue weighted by atomic mass is 9.86. The number of hydrogen-bond donors (Lipinski definition) is 0. The van der Waals surface area contributed by atoms with Crippen molar-refractivity contribution in [2.75, 3.05) is 11.9 Å². The van der Waals surface area contributed by atoms with Gasteiger partial charge < -0.3 is 9.47 Å². The predicted octanol–water partition coefficient (Wildman–Crippen LogP) is 2.46. The molecule has 1 aliphatic carbocycles. The molecule has 1 spiro atoms. The molecule has 1 heterocycles. The molecule has 0 radical (unpaired) electrons. The van der Waals surface area contributed by atoms with Crippen LogP contribution in [0.2, 0.25) is 0 Å². The summed E-state index contributed by atoms with van der Waals surface area (Å²) >= 11 is 3.38. The Morgan fingerprint density at radius 2 is 2.00 bits per heavy atom. The van der Waals surface area contributed by atoms with Gasteiger partial charge in [-0.25, -0.2) is 0 Å². The highest BCUT2D eigenvalue weighted by atomic mass is 79.9. The normalized spacial score (nSPS) is 34.2. The van der Waals surface area contributed by atoms with Gasteiger partial charge in [-0.15, -0.1) is 0 Å². The minimum absolute atomic E-state index is 0.00287. The van der Waals surface area contributed by atoms with E-state index in [1.807, 2.05) is 0 Å². The maximum absolute atomic E-state index is 5.87. The number of ether oxygens (including phenoxy) is 2. The van der Waals surface area contributed by atoms with Gasteiger partial charge in [-0.2, -0.15) is 0 Å². The summed E-state index contributed by atoms with van der Waals surface area (Å²) in [5, 5.41) is 0.800. The number of hydrogen-bond acceptors (Lipinski definition) is 2. The molecule has 0 bridgehead atoms. The van der Waals surface area contributed by atoms with E-state index in [0.717, 1.165) is 11.9 Å². The van der Waals surface area contributed by atoms with Crippen LogP contribution in [0.25, 0.3) is 0 Å². The van der Waals surface area contributed by atoms with Crippen LogP contribution in [0.5, 0.6) is 0 Å². The SMILES string of the molecule is BrC[C@H]1OCC2(CCCCC2)O1. The highest BCUT2D eigenvalue weighted by Gasteiger charge is 2.41. The van der Waals surface area contributed by atoms with Gasteiger partial charge >= 0.3 is 0 Å². The molecule has 2 aliphatic rings. The average Bonchev–Trinajstić information content (AvgIpc) is 2.50. The van der Waals surface area contributed by atoms with Crippen molar-refractivity contribution in [1.82, 2.24) is 0 Å². The van der Waals surface area contributed by atoms with Crippen LogP contribution in [0.15, 0.2) is 0 Å². The Labute approximate surface area is 81.7 Å². The first-order valence-electron chi connectivity index (χ1n) is 4.70. The standard InChI is InChI=1S/C9H15BrO2/c10-6-8-11-7-9(12-8)4-2-1-3-5-9/h8H,1-7H2/t8-/m0/s1. The van der Waals surface area contributed by atoms with Gasteiger partial charge in [0, 0.05) is 0 Å². The van der Waals surface area contributed by atoms with Crippen molar-refractivity contribution in [3.05, 3.63) is 0 Å². The summed E-state index contributed by atoms with van der Waals surface area (Å²) < 4.78 is 11.4. The summed E-state index contributed by atoms with van der Waals surface area (Å²) in [6.07, 6.45) is 6.36. The van der Waals surface area contributed by atoms with Gasteiger partial charge in [0.15, 0.2) is 6.29 Å². The second-order valence-electron chi connectivity index (χ2n) is 3.76. The van der Waals surface area contributed by atoms with E-state index in [1.54, 1.807) is 0 Å². The van der Waals surface area contributed by atoms with Crippen molar-refractivity contribution < 1.29 is 9.47 Å². The third kappa shape index (κ3) is 1.68. The van der Waals surface area contributed by atoms with Gasteiger partial charge in [-0.05, 0) is 12.8 Å². The molecule has 0 aromatic heterocycles. The fourth-order valence-electron chi connectivity index (χ4n) is 2.13. The summed E-state index contributed by atoms with van der Waals surface area (Å²) in [4.78, 5) is 0.